The molecule has 70 valence electrons. The van der Waals surface area contributed by atoms with Gasteiger partial charge in [-0.15, -0.1) is 0 Å². The molecule has 1 heteroatoms. The van der Waals surface area contributed by atoms with Crippen LogP contribution in [0.25, 0.3) is 0 Å². The number of nitrogens with one attached hydrogen (secondary N) is 1. The predicted molar refractivity (Wildman–Crippen MR) is 57.6 cm³/mol. The summed E-state index contributed by atoms with van der Waals surface area (Å²) in [4.78, 5) is 0. The molecule has 1 aromatic rings. The topological polar surface area (TPSA) is 12.0 Å². The smallest absolute Gasteiger partial charge is 0.0184 e. The molecular weight excluding hydrogens is 158 g/mol. The Morgan fingerprint density at radius 1 is 1.31 bits per heavy atom. The molecule has 0 unspecified atom stereocenters. The highest BCUT2D eigenvalue weighted by atomic mass is 14.9. The second-order valence-corrected chi connectivity index (χ2v) is 3.12. The lowest BCUT2D eigenvalue weighted by Crippen LogP contribution is -2.15. The van der Waals surface area contributed by atoms with E-state index in [4.69, 9.17) is 0 Å². The van der Waals surface area contributed by atoms with Crippen LogP contribution in [0.15, 0.2) is 42.6 Å². The molecule has 0 bridgehead atoms. The first-order chi connectivity index (χ1) is 6.33. The molecule has 0 aliphatic rings. The van der Waals surface area contributed by atoms with Gasteiger partial charge in [0.25, 0.3) is 0 Å². The van der Waals surface area contributed by atoms with Crippen LogP contribution >= 0.6 is 0 Å². The van der Waals surface area contributed by atoms with Crippen LogP contribution in [0.2, 0.25) is 0 Å². The van der Waals surface area contributed by atoms with Crippen LogP contribution in [-0.4, -0.2) is 6.54 Å². The van der Waals surface area contributed by atoms with E-state index >= 15 is 0 Å². The van der Waals surface area contributed by atoms with Gasteiger partial charge in [-0.05, 0) is 18.4 Å². The van der Waals surface area contributed by atoms with E-state index in [0.717, 1.165) is 25.1 Å². The summed E-state index contributed by atoms with van der Waals surface area (Å²) >= 11 is 0. The predicted octanol–water partition coefficient (Wildman–Crippen LogP) is 2.74. The number of hydrogen-bond donors (Lipinski definition) is 1. The largest absolute Gasteiger partial charge is 0.388 e. The highest BCUT2D eigenvalue weighted by molar-refractivity contribution is 5.15. The van der Waals surface area contributed by atoms with Crippen molar-refractivity contribution in [1.29, 1.82) is 0 Å². The Balaban J connectivity index is 2.24. The van der Waals surface area contributed by atoms with Gasteiger partial charge < -0.3 is 5.32 Å². The Hall–Kier alpha value is -1.24. The van der Waals surface area contributed by atoms with Gasteiger partial charge in [-0.2, -0.15) is 0 Å². The van der Waals surface area contributed by atoms with Crippen molar-refractivity contribution >= 4 is 0 Å². The van der Waals surface area contributed by atoms with Crippen LogP contribution < -0.4 is 5.32 Å². The Morgan fingerprint density at radius 2 is 2.00 bits per heavy atom. The van der Waals surface area contributed by atoms with E-state index in [1.54, 1.807) is 0 Å². The Morgan fingerprint density at radius 3 is 2.62 bits per heavy atom. The van der Waals surface area contributed by atoms with Gasteiger partial charge in [0.1, 0.15) is 0 Å². The van der Waals surface area contributed by atoms with Crippen molar-refractivity contribution in [3.8, 4) is 0 Å². The zero-order valence-electron chi connectivity index (χ0n) is 8.22. The minimum atomic E-state index is 0.983. The molecule has 0 aromatic heterocycles. The molecule has 1 aromatic carbocycles. The molecule has 0 amide bonds. The molecule has 0 atom stereocenters. The maximum absolute atomic E-state index is 3.89. The van der Waals surface area contributed by atoms with Crippen LogP contribution in [0.3, 0.4) is 0 Å². The quantitative estimate of drug-likeness (QED) is 0.725. The van der Waals surface area contributed by atoms with Crippen LogP contribution in [0, 0.1) is 0 Å². The number of allylic oxidation sites excluding steroid dienone is 1. The molecular formula is C12H17N. The molecule has 0 saturated heterocycles. The molecule has 0 aliphatic carbocycles. The van der Waals surface area contributed by atoms with E-state index < -0.39 is 0 Å². The molecule has 1 rings (SSSR count). The molecule has 0 aliphatic heterocycles. The summed E-state index contributed by atoms with van der Waals surface area (Å²) < 4.78 is 0. The summed E-state index contributed by atoms with van der Waals surface area (Å²) in [6.07, 6.45) is 2.08. The van der Waals surface area contributed by atoms with E-state index in [-0.39, 0.29) is 0 Å². The molecule has 0 spiro atoms. The average Bonchev–Trinajstić information content (AvgIpc) is 2.19. The number of hydrogen-bond acceptors (Lipinski definition) is 1. The third-order valence-corrected chi connectivity index (χ3v) is 2.06. The monoisotopic (exact) mass is 175 g/mol. The highest BCUT2D eigenvalue weighted by Crippen LogP contribution is 1.99. The van der Waals surface area contributed by atoms with E-state index in [9.17, 15) is 0 Å². The Bertz CT molecular complexity index is 251. The number of rotatable bonds is 5. The van der Waals surface area contributed by atoms with Crippen molar-refractivity contribution in [3.63, 3.8) is 0 Å². The zero-order valence-corrected chi connectivity index (χ0v) is 8.22. The molecule has 1 nitrogen and oxygen atoms in total. The lowest BCUT2D eigenvalue weighted by Gasteiger charge is -2.06. The minimum absolute atomic E-state index is 0.983. The van der Waals surface area contributed by atoms with Crippen molar-refractivity contribution in [3.05, 3.63) is 48.2 Å². The van der Waals surface area contributed by atoms with Gasteiger partial charge in [0.15, 0.2) is 0 Å². The van der Waals surface area contributed by atoms with Gasteiger partial charge in [-0.3, -0.25) is 0 Å². The minimum Gasteiger partial charge on any atom is -0.388 e. The lowest BCUT2D eigenvalue weighted by molar-refractivity contribution is 0.761. The molecule has 0 fully saturated rings. The fourth-order valence-electron chi connectivity index (χ4n) is 1.15. The number of benzene rings is 1. The fourth-order valence-corrected chi connectivity index (χ4v) is 1.15. The van der Waals surface area contributed by atoms with Gasteiger partial charge in [0.05, 0.1) is 0 Å². The summed E-state index contributed by atoms with van der Waals surface area (Å²) in [6.45, 7) is 6.99. The van der Waals surface area contributed by atoms with Gasteiger partial charge in [-0.1, -0.05) is 43.8 Å². The molecule has 0 radical (unpaired) electrons. The average molecular weight is 175 g/mol. The summed E-state index contributed by atoms with van der Waals surface area (Å²) in [6, 6.07) is 10.5. The van der Waals surface area contributed by atoms with Gasteiger partial charge in [-0.25, -0.2) is 0 Å². The summed E-state index contributed by atoms with van der Waals surface area (Å²) in [5, 5.41) is 3.29. The van der Waals surface area contributed by atoms with Crippen molar-refractivity contribution in [2.45, 2.75) is 19.8 Å². The maximum atomic E-state index is 3.89. The highest BCUT2D eigenvalue weighted by Gasteiger charge is 1.91. The van der Waals surface area contributed by atoms with Crippen molar-refractivity contribution in [1.82, 2.24) is 5.32 Å². The maximum Gasteiger partial charge on any atom is 0.0184 e. The summed E-state index contributed by atoms with van der Waals surface area (Å²) in [5.41, 5.74) is 2.50. The van der Waals surface area contributed by atoms with Crippen molar-refractivity contribution in [2.24, 2.45) is 0 Å². The lowest BCUT2D eigenvalue weighted by atomic mass is 10.1. The van der Waals surface area contributed by atoms with E-state index in [1.807, 2.05) is 6.07 Å². The first-order valence-corrected chi connectivity index (χ1v) is 4.78. The summed E-state index contributed by atoms with van der Waals surface area (Å²) in [5.74, 6) is 0. The standard InChI is InChI=1S/C12H17N/c1-3-11(2)13-10-9-12-7-5-4-6-8-12/h4-8,13H,2-3,9-10H2,1H3. The first kappa shape index (κ1) is 9.85. The molecule has 0 saturated carbocycles. The third kappa shape index (κ3) is 3.79. The van der Waals surface area contributed by atoms with Crippen molar-refractivity contribution < 1.29 is 0 Å². The van der Waals surface area contributed by atoms with Gasteiger partial charge in [0, 0.05) is 12.2 Å². The molecule has 13 heavy (non-hydrogen) atoms. The Kier molecular flexibility index (Phi) is 4.10. The zero-order chi connectivity index (χ0) is 9.52. The summed E-state index contributed by atoms with van der Waals surface area (Å²) in [7, 11) is 0. The normalized spacial score (nSPS) is 9.62. The van der Waals surface area contributed by atoms with Crippen molar-refractivity contribution in [2.75, 3.05) is 6.54 Å². The fraction of sp³-hybridized carbons (Fsp3) is 0.333. The third-order valence-electron chi connectivity index (χ3n) is 2.06. The Labute approximate surface area is 80.5 Å². The van der Waals surface area contributed by atoms with E-state index in [1.165, 1.54) is 5.56 Å². The van der Waals surface area contributed by atoms with E-state index in [2.05, 4.69) is 43.1 Å². The van der Waals surface area contributed by atoms with Crippen LogP contribution in [0.1, 0.15) is 18.9 Å². The second kappa shape index (κ2) is 5.41. The van der Waals surface area contributed by atoms with Gasteiger partial charge in [0.2, 0.25) is 0 Å². The van der Waals surface area contributed by atoms with Crippen LogP contribution in [-0.2, 0) is 6.42 Å². The first-order valence-electron chi connectivity index (χ1n) is 4.78. The van der Waals surface area contributed by atoms with Crippen LogP contribution in [0.5, 0.6) is 0 Å². The van der Waals surface area contributed by atoms with Gasteiger partial charge >= 0.3 is 0 Å². The second-order valence-electron chi connectivity index (χ2n) is 3.12. The molecule has 0 heterocycles. The van der Waals surface area contributed by atoms with Crippen LogP contribution in [0.4, 0.5) is 0 Å². The SMILES string of the molecule is C=C(CC)NCCc1ccccc1. The molecule has 1 N–H and O–H groups in total. The van der Waals surface area contributed by atoms with E-state index in [0.29, 0.717) is 0 Å².